The van der Waals surface area contributed by atoms with Crippen molar-refractivity contribution in [3.63, 3.8) is 0 Å². The van der Waals surface area contributed by atoms with Crippen LogP contribution in [-0.4, -0.2) is 40.4 Å². The van der Waals surface area contributed by atoms with E-state index in [-0.39, 0.29) is 17.4 Å². The summed E-state index contributed by atoms with van der Waals surface area (Å²) in [4.78, 5) is 2.09. The molecule has 0 unspecified atom stereocenters. The number of hydrogen-bond donors (Lipinski definition) is 2. The minimum atomic E-state index is -0.984. The van der Waals surface area contributed by atoms with Gasteiger partial charge in [0.25, 0.3) is 0 Å². The van der Waals surface area contributed by atoms with E-state index in [1.165, 1.54) is 6.07 Å². The average Bonchev–Trinajstić information content (AvgIpc) is 2.58. The molecule has 2 N–H and O–H groups in total. The molecule has 0 aliphatic carbocycles. The number of hydrogen-bond acceptors (Lipinski definition) is 3. The summed E-state index contributed by atoms with van der Waals surface area (Å²) in [5, 5.41) is 19.4. The lowest BCUT2D eigenvalue weighted by Crippen LogP contribution is -2.34. The molecule has 1 aromatic rings. The highest BCUT2D eigenvalue weighted by atomic mass is 35.5. The number of likely N-dealkylation sites (tertiary alicyclic amines) is 1. The van der Waals surface area contributed by atoms with E-state index in [1.54, 1.807) is 12.1 Å². The number of benzene rings is 1. The van der Waals surface area contributed by atoms with Gasteiger partial charge in [-0.3, -0.25) is 4.90 Å². The highest BCUT2D eigenvalue weighted by Gasteiger charge is 2.29. The molecule has 1 aromatic carbocycles. The van der Waals surface area contributed by atoms with Crippen LogP contribution in [0, 0.1) is 5.82 Å². The predicted octanol–water partition coefficient (Wildman–Crippen LogP) is 2.19. The van der Waals surface area contributed by atoms with Crippen molar-refractivity contribution in [2.45, 2.75) is 31.4 Å². The molecule has 2 rings (SSSR count). The Kier molecular flexibility index (Phi) is 4.79. The molecule has 0 aromatic heterocycles. The van der Waals surface area contributed by atoms with E-state index in [2.05, 4.69) is 4.90 Å². The van der Waals surface area contributed by atoms with E-state index in [0.29, 0.717) is 31.5 Å². The summed E-state index contributed by atoms with van der Waals surface area (Å²) < 4.78 is 13.8. The first-order valence-corrected chi connectivity index (χ1v) is 6.90. The number of aliphatic hydroxyl groups excluding tert-OH is 1. The summed E-state index contributed by atoms with van der Waals surface area (Å²) in [5.41, 5.74) is -0.413. The third kappa shape index (κ3) is 3.66. The number of halogens is 2. The van der Waals surface area contributed by atoms with Gasteiger partial charge in [-0.15, -0.1) is 0 Å². The molecule has 1 aliphatic heterocycles. The molecule has 1 saturated heterocycles. The lowest BCUT2D eigenvalue weighted by molar-refractivity contribution is -0.0255. The number of rotatable bonds is 3. The molecule has 1 fully saturated rings. The SMILES string of the molecule is OC[C@]1(O)CCCN(Cc2cccc(Cl)c2F)CC1. The Morgan fingerprint density at radius 1 is 1.32 bits per heavy atom. The van der Waals surface area contributed by atoms with Gasteiger partial charge in [-0.05, 0) is 31.9 Å². The summed E-state index contributed by atoms with van der Waals surface area (Å²) in [7, 11) is 0. The second-order valence-electron chi connectivity index (χ2n) is 5.23. The van der Waals surface area contributed by atoms with Crippen molar-refractivity contribution < 1.29 is 14.6 Å². The van der Waals surface area contributed by atoms with E-state index >= 15 is 0 Å². The van der Waals surface area contributed by atoms with Crippen molar-refractivity contribution in [3.8, 4) is 0 Å². The lowest BCUT2D eigenvalue weighted by Gasteiger charge is -2.24. The first-order chi connectivity index (χ1) is 9.04. The standard InChI is InChI=1S/C14H19ClFNO2/c15-12-4-1-3-11(13(12)16)9-17-7-2-5-14(19,10-18)6-8-17/h1,3-4,18-19H,2,5-10H2/t14-/m0/s1. The van der Waals surface area contributed by atoms with Crippen LogP contribution in [0.1, 0.15) is 24.8 Å². The zero-order valence-electron chi connectivity index (χ0n) is 10.8. The highest BCUT2D eigenvalue weighted by Crippen LogP contribution is 2.24. The molecule has 5 heteroatoms. The molecule has 1 heterocycles. The first-order valence-electron chi connectivity index (χ1n) is 6.52. The van der Waals surface area contributed by atoms with Gasteiger partial charge in [-0.25, -0.2) is 4.39 Å². The minimum Gasteiger partial charge on any atom is -0.393 e. The van der Waals surface area contributed by atoms with E-state index in [4.69, 9.17) is 11.6 Å². The third-order valence-electron chi connectivity index (χ3n) is 3.73. The molecule has 0 radical (unpaired) electrons. The van der Waals surface area contributed by atoms with Gasteiger partial charge < -0.3 is 10.2 Å². The minimum absolute atomic E-state index is 0.138. The van der Waals surface area contributed by atoms with Crippen LogP contribution >= 0.6 is 11.6 Å². The Bertz CT molecular complexity index is 443. The molecule has 0 saturated carbocycles. The zero-order valence-corrected chi connectivity index (χ0v) is 11.5. The Hall–Kier alpha value is -0.680. The van der Waals surface area contributed by atoms with Crippen LogP contribution in [0.5, 0.6) is 0 Å². The van der Waals surface area contributed by atoms with Gasteiger partial charge in [-0.2, -0.15) is 0 Å². The second-order valence-corrected chi connectivity index (χ2v) is 5.63. The van der Waals surface area contributed by atoms with Gasteiger partial charge in [0.2, 0.25) is 0 Å². The maximum Gasteiger partial charge on any atom is 0.146 e. The van der Waals surface area contributed by atoms with Gasteiger partial charge in [0.15, 0.2) is 0 Å². The number of nitrogens with zero attached hydrogens (tertiary/aromatic N) is 1. The summed E-state index contributed by atoms with van der Waals surface area (Å²) in [6, 6.07) is 5.00. The molecular weight excluding hydrogens is 269 g/mol. The Labute approximate surface area is 117 Å². The summed E-state index contributed by atoms with van der Waals surface area (Å²) >= 11 is 5.76. The smallest absolute Gasteiger partial charge is 0.146 e. The monoisotopic (exact) mass is 287 g/mol. The fraction of sp³-hybridized carbons (Fsp3) is 0.571. The van der Waals surface area contributed by atoms with Crippen molar-refractivity contribution in [3.05, 3.63) is 34.6 Å². The predicted molar refractivity (Wildman–Crippen MR) is 72.6 cm³/mol. The molecule has 1 aliphatic rings. The van der Waals surface area contributed by atoms with Crippen molar-refractivity contribution in [1.82, 2.24) is 4.90 Å². The lowest BCUT2D eigenvalue weighted by atomic mass is 9.96. The van der Waals surface area contributed by atoms with Crippen LogP contribution in [0.25, 0.3) is 0 Å². The quantitative estimate of drug-likeness (QED) is 0.896. The van der Waals surface area contributed by atoms with Crippen LogP contribution in [0.3, 0.4) is 0 Å². The molecule has 19 heavy (non-hydrogen) atoms. The molecule has 106 valence electrons. The Morgan fingerprint density at radius 3 is 2.84 bits per heavy atom. The molecule has 1 atom stereocenters. The second kappa shape index (κ2) is 6.18. The van der Waals surface area contributed by atoms with Crippen molar-refractivity contribution in [2.75, 3.05) is 19.7 Å². The molecular formula is C14H19ClFNO2. The Morgan fingerprint density at radius 2 is 2.11 bits per heavy atom. The van der Waals surface area contributed by atoms with E-state index in [1.807, 2.05) is 0 Å². The zero-order chi connectivity index (χ0) is 13.9. The van der Waals surface area contributed by atoms with E-state index in [0.717, 1.165) is 13.0 Å². The maximum absolute atomic E-state index is 13.8. The van der Waals surface area contributed by atoms with Crippen LogP contribution < -0.4 is 0 Å². The van der Waals surface area contributed by atoms with Crippen molar-refractivity contribution in [1.29, 1.82) is 0 Å². The van der Waals surface area contributed by atoms with Gasteiger partial charge in [0.1, 0.15) is 5.82 Å². The van der Waals surface area contributed by atoms with Crippen LogP contribution in [-0.2, 0) is 6.54 Å². The normalized spacial score (nSPS) is 25.3. The van der Waals surface area contributed by atoms with Crippen LogP contribution in [0.2, 0.25) is 5.02 Å². The fourth-order valence-corrected chi connectivity index (χ4v) is 2.66. The third-order valence-corrected chi connectivity index (χ3v) is 4.02. The van der Waals surface area contributed by atoms with Gasteiger partial charge in [0, 0.05) is 18.7 Å². The summed E-state index contributed by atoms with van der Waals surface area (Å²) in [5.74, 6) is -0.370. The van der Waals surface area contributed by atoms with Crippen molar-refractivity contribution in [2.24, 2.45) is 0 Å². The summed E-state index contributed by atoms with van der Waals surface area (Å²) in [6.07, 6.45) is 1.88. The maximum atomic E-state index is 13.8. The topological polar surface area (TPSA) is 43.7 Å². The first kappa shape index (κ1) is 14.7. The number of aliphatic hydroxyl groups is 2. The van der Waals surface area contributed by atoms with Crippen molar-refractivity contribution >= 4 is 11.6 Å². The van der Waals surface area contributed by atoms with Crippen LogP contribution in [0.4, 0.5) is 4.39 Å². The van der Waals surface area contributed by atoms with Gasteiger partial charge in [-0.1, -0.05) is 23.7 Å². The van der Waals surface area contributed by atoms with E-state index in [9.17, 15) is 14.6 Å². The molecule has 0 spiro atoms. The fourth-order valence-electron chi connectivity index (χ4n) is 2.46. The van der Waals surface area contributed by atoms with Crippen LogP contribution in [0.15, 0.2) is 18.2 Å². The summed E-state index contributed by atoms with van der Waals surface area (Å²) in [6.45, 7) is 1.69. The van der Waals surface area contributed by atoms with Gasteiger partial charge >= 0.3 is 0 Å². The average molecular weight is 288 g/mol. The molecule has 0 bridgehead atoms. The molecule has 0 amide bonds. The largest absolute Gasteiger partial charge is 0.393 e. The molecule has 3 nitrogen and oxygen atoms in total. The van der Waals surface area contributed by atoms with Gasteiger partial charge in [0.05, 0.1) is 17.2 Å². The van der Waals surface area contributed by atoms with E-state index < -0.39 is 5.60 Å². The highest BCUT2D eigenvalue weighted by molar-refractivity contribution is 6.30. The Balaban J connectivity index is 2.02.